The predicted octanol–water partition coefficient (Wildman–Crippen LogP) is 4.86. The molecular weight excluding hydrogens is 453 g/mol. The summed E-state index contributed by atoms with van der Waals surface area (Å²) >= 11 is 0. The normalized spacial score (nSPS) is 15.1. The van der Waals surface area contributed by atoms with Crippen LogP contribution in [0.2, 0.25) is 0 Å². The van der Waals surface area contributed by atoms with Gasteiger partial charge >= 0.3 is 0 Å². The summed E-state index contributed by atoms with van der Waals surface area (Å²) in [5, 5.41) is 3.41. The Labute approximate surface area is 209 Å². The van der Waals surface area contributed by atoms with Crippen molar-refractivity contribution in [2.24, 2.45) is 5.92 Å². The van der Waals surface area contributed by atoms with E-state index < -0.39 is 0 Å². The van der Waals surface area contributed by atoms with Gasteiger partial charge < -0.3 is 19.8 Å². The first kappa shape index (κ1) is 22.7. The maximum absolute atomic E-state index is 13.4. The van der Waals surface area contributed by atoms with Crippen molar-refractivity contribution >= 4 is 28.0 Å². The summed E-state index contributed by atoms with van der Waals surface area (Å²) in [7, 11) is 0. The van der Waals surface area contributed by atoms with Crippen LogP contribution in [-0.4, -0.2) is 55.6 Å². The van der Waals surface area contributed by atoms with E-state index >= 15 is 0 Å². The number of imidazole rings is 2. The van der Waals surface area contributed by atoms with Crippen LogP contribution in [0.15, 0.2) is 67.0 Å². The monoisotopic (exact) mass is 483 g/mol. The van der Waals surface area contributed by atoms with Gasteiger partial charge in [-0.05, 0) is 67.7 Å². The maximum atomic E-state index is 13.4. The number of hydrogen-bond donors (Lipinski definition) is 2. The Balaban J connectivity index is 1.05. The molecule has 0 bridgehead atoms. The number of H-pyrrole nitrogens is 1. The number of piperidine rings is 1. The average Bonchev–Trinajstić information content (AvgIpc) is 3.47. The average molecular weight is 484 g/mol. The molecule has 0 aliphatic carbocycles. The Kier molecular flexibility index (Phi) is 6.34. The van der Waals surface area contributed by atoms with Gasteiger partial charge in [-0.1, -0.05) is 24.3 Å². The number of benzene rings is 2. The van der Waals surface area contributed by atoms with Crippen molar-refractivity contribution in [3.63, 3.8) is 0 Å². The molecule has 8 heteroatoms. The lowest BCUT2D eigenvalue weighted by Gasteiger charge is -2.31. The maximum Gasteiger partial charge on any atom is 0.201 e. The number of nitrogens with one attached hydrogen (secondary N) is 2. The van der Waals surface area contributed by atoms with E-state index in [9.17, 15) is 4.39 Å². The summed E-state index contributed by atoms with van der Waals surface area (Å²) in [6.45, 7) is 4.73. The van der Waals surface area contributed by atoms with Crippen molar-refractivity contribution in [2.75, 3.05) is 31.5 Å². The molecule has 36 heavy (non-hydrogen) atoms. The van der Waals surface area contributed by atoms with Crippen LogP contribution in [0.1, 0.15) is 24.2 Å². The van der Waals surface area contributed by atoms with Crippen molar-refractivity contribution in [2.45, 2.75) is 25.8 Å². The minimum atomic E-state index is -0.202. The van der Waals surface area contributed by atoms with Crippen LogP contribution in [0.4, 0.5) is 10.3 Å². The summed E-state index contributed by atoms with van der Waals surface area (Å²) < 4.78 is 15.7. The van der Waals surface area contributed by atoms with E-state index in [0.29, 0.717) is 12.5 Å². The third-order valence-electron chi connectivity index (χ3n) is 7.17. The lowest BCUT2D eigenvalue weighted by molar-refractivity contribution is 0.188. The third-order valence-corrected chi connectivity index (χ3v) is 7.17. The number of likely N-dealkylation sites (tertiary alicyclic amines) is 1. The molecule has 4 heterocycles. The van der Waals surface area contributed by atoms with E-state index in [4.69, 9.17) is 4.98 Å². The van der Waals surface area contributed by atoms with Gasteiger partial charge in [0.15, 0.2) is 0 Å². The standard InChI is InChI=1S/C28H30FN7/c29-22-7-5-21(6-8-22)19-36-26-4-2-1-3-24(26)32-27(36)17-20-10-14-35(15-11-20)16-13-31-28-33-23-9-12-30-18-25(23)34-28/h1-9,12,18,20H,10-11,13-17,19H2,(H2,31,33,34). The Hall–Kier alpha value is -3.78. The Bertz CT molecular complexity index is 1420. The fraction of sp³-hybridized carbons (Fsp3) is 0.321. The van der Waals surface area contributed by atoms with Crippen LogP contribution in [0.25, 0.3) is 22.1 Å². The number of rotatable bonds is 8. The number of pyridine rings is 1. The highest BCUT2D eigenvalue weighted by Crippen LogP contribution is 2.25. The van der Waals surface area contributed by atoms with Crippen molar-refractivity contribution in [3.8, 4) is 0 Å². The first-order valence-corrected chi connectivity index (χ1v) is 12.7. The van der Waals surface area contributed by atoms with Gasteiger partial charge in [-0.2, -0.15) is 0 Å². The molecule has 184 valence electrons. The van der Waals surface area contributed by atoms with E-state index in [0.717, 1.165) is 84.8 Å². The van der Waals surface area contributed by atoms with Crippen molar-refractivity contribution < 1.29 is 4.39 Å². The summed E-state index contributed by atoms with van der Waals surface area (Å²) in [6.07, 6.45) is 6.84. The summed E-state index contributed by atoms with van der Waals surface area (Å²) in [6, 6.07) is 17.0. The minimum Gasteiger partial charge on any atom is -0.355 e. The van der Waals surface area contributed by atoms with Gasteiger partial charge in [0.05, 0.1) is 22.7 Å². The molecule has 5 aromatic rings. The van der Waals surface area contributed by atoms with Crippen molar-refractivity contribution in [1.29, 1.82) is 0 Å². The van der Waals surface area contributed by atoms with Gasteiger partial charge in [0.25, 0.3) is 0 Å². The first-order chi connectivity index (χ1) is 17.7. The second-order valence-electron chi connectivity index (χ2n) is 9.62. The molecular formula is C28H30FN7. The highest BCUT2D eigenvalue weighted by atomic mass is 19.1. The van der Waals surface area contributed by atoms with Gasteiger partial charge in [-0.3, -0.25) is 4.98 Å². The number of hydrogen-bond acceptors (Lipinski definition) is 5. The number of fused-ring (bicyclic) bond motifs is 2. The molecule has 6 rings (SSSR count). The smallest absolute Gasteiger partial charge is 0.201 e. The number of anilines is 1. The van der Waals surface area contributed by atoms with Crippen molar-refractivity contribution in [3.05, 3.63) is 84.2 Å². The van der Waals surface area contributed by atoms with Gasteiger partial charge in [-0.15, -0.1) is 0 Å². The lowest BCUT2D eigenvalue weighted by Crippen LogP contribution is -2.37. The topological polar surface area (TPSA) is 74.7 Å². The molecule has 2 N–H and O–H groups in total. The number of aromatic nitrogens is 5. The van der Waals surface area contributed by atoms with Crippen LogP contribution in [0, 0.1) is 11.7 Å². The van der Waals surface area contributed by atoms with Crippen molar-refractivity contribution in [1.82, 2.24) is 29.4 Å². The molecule has 7 nitrogen and oxygen atoms in total. The molecule has 0 amide bonds. The Morgan fingerprint density at radius 1 is 0.972 bits per heavy atom. The molecule has 2 aromatic carbocycles. The zero-order chi connectivity index (χ0) is 24.3. The molecule has 0 saturated carbocycles. The van der Waals surface area contributed by atoms with E-state index in [-0.39, 0.29) is 5.82 Å². The fourth-order valence-electron chi connectivity index (χ4n) is 5.18. The van der Waals surface area contributed by atoms with Gasteiger partial charge in [0.2, 0.25) is 5.95 Å². The van der Waals surface area contributed by atoms with E-state index in [2.05, 4.69) is 47.9 Å². The molecule has 0 unspecified atom stereocenters. The Morgan fingerprint density at radius 3 is 2.64 bits per heavy atom. The predicted molar refractivity (Wildman–Crippen MR) is 140 cm³/mol. The number of nitrogens with zero attached hydrogens (tertiary/aromatic N) is 5. The summed E-state index contributed by atoms with van der Waals surface area (Å²) in [5.74, 6) is 2.33. The summed E-state index contributed by atoms with van der Waals surface area (Å²) in [4.78, 5) is 19.5. The SMILES string of the molecule is Fc1ccc(Cn2c(CC3CCN(CCNc4nc5cnccc5[nH]4)CC3)nc3ccccc32)cc1. The Morgan fingerprint density at radius 2 is 1.81 bits per heavy atom. The van der Waals surface area contributed by atoms with Crippen LogP contribution >= 0.6 is 0 Å². The molecule has 1 aliphatic rings. The molecule has 0 radical (unpaired) electrons. The first-order valence-electron chi connectivity index (χ1n) is 12.7. The second-order valence-corrected chi connectivity index (χ2v) is 9.62. The summed E-state index contributed by atoms with van der Waals surface area (Å²) in [5.41, 5.74) is 5.13. The van der Waals surface area contributed by atoms with E-state index in [1.165, 1.54) is 12.1 Å². The van der Waals surface area contributed by atoms with Crippen LogP contribution in [-0.2, 0) is 13.0 Å². The zero-order valence-corrected chi connectivity index (χ0v) is 20.2. The fourth-order valence-corrected chi connectivity index (χ4v) is 5.18. The van der Waals surface area contributed by atoms with E-state index in [1.54, 1.807) is 12.4 Å². The molecule has 3 aromatic heterocycles. The van der Waals surface area contributed by atoms with Crippen LogP contribution < -0.4 is 5.32 Å². The largest absolute Gasteiger partial charge is 0.355 e. The van der Waals surface area contributed by atoms with Gasteiger partial charge in [0.1, 0.15) is 17.2 Å². The number of para-hydroxylation sites is 2. The number of halogens is 1. The second kappa shape index (κ2) is 10.1. The zero-order valence-electron chi connectivity index (χ0n) is 20.2. The van der Waals surface area contributed by atoms with Crippen LogP contribution in [0.5, 0.6) is 0 Å². The third kappa shape index (κ3) is 4.95. The molecule has 0 atom stereocenters. The quantitative estimate of drug-likeness (QED) is 0.330. The molecule has 1 fully saturated rings. The van der Waals surface area contributed by atoms with Gasteiger partial charge in [-0.25, -0.2) is 14.4 Å². The highest BCUT2D eigenvalue weighted by molar-refractivity contribution is 5.76. The lowest BCUT2D eigenvalue weighted by atomic mass is 9.93. The molecule has 1 aliphatic heterocycles. The molecule has 1 saturated heterocycles. The van der Waals surface area contributed by atoms with Gasteiger partial charge in [0, 0.05) is 32.3 Å². The van der Waals surface area contributed by atoms with E-state index in [1.807, 2.05) is 24.3 Å². The molecule has 0 spiro atoms. The highest BCUT2D eigenvalue weighted by Gasteiger charge is 2.22. The number of aromatic amines is 1. The minimum absolute atomic E-state index is 0.202. The van der Waals surface area contributed by atoms with Crippen LogP contribution in [0.3, 0.4) is 0 Å².